The lowest BCUT2D eigenvalue weighted by Gasteiger charge is -2.31. The molecular formula is C19H24N4S. The van der Waals surface area contributed by atoms with Gasteiger partial charge in [-0.25, -0.2) is 0 Å². The van der Waals surface area contributed by atoms with Crippen LogP contribution in [-0.2, 0) is 0 Å². The Kier molecular flexibility index (Phi) is 5.77. The standard InChI is InChI=1S/C19H24N4S/c1-23-13-9-17(10-14-23)21-19(24)22-18(15-5-3-2-4-6-15)16-7-11-20-12-8-16/h2-8,11-12,17-18H,9-10,13-14H2,1H3,(H2,21,22,24)/t18-/m1/s1. The summed E-state index contributed by atoms with van der Waals surface area (Å²) < 4.78 is 0. The molecule has 24 heavy (non-hydrogen) atoms. The average Bonchev–Trinajstić information content (AvgIpc) is 2.63. The third kappa shape index (κ3) is 4.52. The van der Waals surface area contributed by atoms with Crippen LogP contribution in [0.5, 0.6) is 0 Å². The molecule has 1 saturated heterocycles. The zero-order valence-corrected chi connectivity index (χ0v) is 14.8. The molecule has 0 unspecified atom stereocenters. The van der Waals surface area contributed by atoms with Crippen LogP contribution < -0.4 is 10.6 Å². The van der Waals surface area contributed by atoms with Gasteiger partial charge in [0, 0.05) is 18.4 Å². The number of hydrogen-bond acceptors (Lipinski definition) is 3. The van der Waals surface area contributed by atoms with E-state index in [4.69, 9.17) is 12.2 Å². The molecule has 0 amide bonds. The van der Waals surface area contributed by atoms with E-state index in [9.17, 15) is 0 Å². The van der Waals surface area contributed by atoms with Crippen LogP contribution in [0.25, 0.3) is 0 Å². The molecule has 0 saturated carbocycles. The maximum atomic E-state index is 5.59. The number of piperidine rings is 1. The third-order valence-electron chi connectivity index (χ3n) is 4.50. The van der Waals surface area contributed by atoms with E-state index >= 15 is 0 Å². The zero-order chi connectivity index (χ0) is 16.8. The Morgan fingerprint density at radius 2 is 1.71 bits per heavy atom. The molecule has 2 aromatic rings. The van der Waals surface area contributed by atoms with Crippen molar-refractivity contribution in [1.82, 2.24) is 20.5 Å². The van der Waals surface area contributed by atoms with E-state index in [0.717, 1.165) is 36.6 Å². The SMILES string of the molecule is CN1CCC(NC(=S)N[C@H](c2ccccc2)c2ccncc2)CC1. The monoisotopic (exact) mass is 340 g/mol. The van der Waals surface area contributed by atoms with Crippen LogP contribution >= 0.6 is 12.2 Å². The first-order chi connectivity index (χ1) is 11.7. The molecule has 1 atom stereocenters. The number of pyridine rings is 1. The quantitative estimate of drug-likeness (QED) is 0.838. The molecule has 1 aliphatic heterocycles. The molecule has 4 nitrogen and oxygen atoms in total. The van der Waals surface area contributed by atoms with Crippen molar-refractivity contribution in [2.45, 2.75) is 24.9 Å². The largest absolute Gasteiger partial charge is 0.360 e. The van der Waals surface area contributed by atoms with Gasteiger partial charge in [-0.1, -0.05) is 30.3 Å². The molecule has 0 aliphatic carbocycles. The lowest BCUT2D eigenvalue weighted by atomic mass is 10.00. The normalized spacial score (nSPS) is 17.2. The second kappa shape index (κ2) is 8.22. The number of rotatable bonds is 4. The molecule has 126 valence electrons. The van der Waals surface area contributed by atoms with Gasteiger partial charge in [-0.05, 0) is 68.5 Å². The first kappa shape index (κ1) is 16.9. The summed E-state index contributed by atoms with van der Waals surface area (Å²) in [5, 5.41) is 7.69. The van der Waals surface area contributed by atoms with E-state index < -0.39 is 0 Å². The highest BCUT2D eigenvalue weighted by Gasteiger charge is 2.19. The van der Waals surface area contributed by atoms with Crippen molar-refractivity contribution < 1.29 is 0 Å². The summed E-state index contributed by atoms with van der Waals surface area (Å²) in [6.45, 7) is 2.24. The summed E-state index contributed by atoms with van der Waals surface area (Å²) in [6, 6.07) is 14.9. The molecular weight excluding hydrogens is 316 g/mol. The minimum Gasteiger partial charge on any atom is -0.360 e. The third-order valence-corrected chi connectivity index (χ3v) is 4.74. The van der Waals surface area contributed by atoms with Gasteiger partial charge in [-0.3, -0.25) is 4.98 Å². The molecule has 1 aromatic heterocycles. The fourth-order valence-corrected chi connectivity index (χ4v) is 3.36. The van der Waals surface area contributed by atoms with E-state index in [0.29, 0.717) is 6.04 Å². The fraction of sp³-hybridized carbons (Fsp3) is 0.368. The van der Waals surface area contributed by atoms with Crippen LogP contribution in [0.3, 0.4) is 0 Å². The van der Waals surface area contributed by atoms with Crippen molar-refractivity contribution in [1.29, 1.82) is 0 Å². The molecule has 0 bridgehead atoms. The van der Waals surface area contributed by atoms with Gasteiger partial charge in [-0.2, -0.15) is 0 Å². The lowest BCUT2D eigenvalue weighted by Crippen LogP contribution is -2.47. The maximum Gasteiger partial charge on any atom is 0.167 e. The average molecular weight is 340 g/mol. The van der Waals surface area contributed by atoms with Gasteiger partial charge < -0.3 is 15.5 Å². The van der Waals surface area contributed by atoms with Crippen LogP contribution in [0.4, 0.5) is 0 Å². The number of nitrogens with one attached hydrogen (secondary N) is 2. The predicted molar refractivity (Wildman–Crippen MR) is 102 cm³/mol. The highest BCUT2D eigenvalue weighted by Crippen LogP contribution is 2.21. The Balaban J connectivity index is 1.69. The van der Waals surface area contributed by atoms with Crippen molar-refractivity contribution in [2.24, 2.45) is 0 Å². The first-order valence-corrected chi connectivity index (χ1v) is 8.83. The van der Waals surface area contributed by atoms with Crippen molar-refractivity contribution in [3.8, 4) is 0 Å². The van der Waals surface area contributed by atoms with Gasteiger partial charge in [0.05, 0.1) is 6.04 Å². The van der Waals surface area contributed by atoms with Gasteiger partial charge >= 0.3 is 0 Å². The van der Waals surface area contributed by atoms with Crippen LogP contribution in [-0.4, -0.2) is 41.2 Å². The van der Waals surface area contributed by atoms with Gasteiger partial charge in [0.15, 0.2) is 5.11 Å². The van der Waals surface area contributed by atoms with Crippen molar-refractivity contribution in [2.75, 3.05) is 20.1 Å². The van der Waals surface area contributed by atoms with Crippen LogP contribution in [0.1, 0.15) is 30.0 Å². The van der Waals surface area contributed by atoms with Crippen molar-refractivity contribution in [3.05, 3.63) is 66.0 Å². The molecule has 2 heterocycles. The molecule has 0 spiro atoms. The van der Waals surface area contributed by atoms with Crippen LogP contribution in [0, 0.1) is 0 Å². The Hall–Kier alpha value is -1.98. The predicted octanol–water partition coefficient (Wildman–Crippen LogP) is 2.73. The van der Waals surface area contributed by atoms with E-state index in [-0.39, 0.29) is 6.04 Å². The molecule has 5 heteroatoms. The number of aromatic nitrogens is 1. The molecule has 1 aliphatic rings. The Morgan fingerprint density at radius 1 is 1.08 bits per heavy atom. The number of benzene rings is 1. The van der Waals surface area contributed by atoms with Crippen molar-refractivity contribution in [3.63, 3.8) is 0 Å². The summed E-state index contributed by atoms with van der Waals surface area (Å²) >= 11 is 5.59. The van der Waals surface area contributed by atoms with E-state index in [1.807, 2.05) is 30.6 Å². The number of nitrogens with zero attached hydrogens (tertiary/aromatic N) is 2. The molecule has 3 rings (SSSR count). The lowest BCUT2D eigenvalue weighted by molar-refractivity contribution is 0.246. The first-order valence-electron chi connectivity index (χ1n) is 8.43. The summed E-state index contributed by atoms with van der Waals surface area (Å²) in [5.74, 6) is 0. The molecule has 2 N–H and O–H groups in total. The molecule has 0 radical (unpaired) electrons. The van der Waals surface area contributed by atoms with Crippen LogP contribution in [0.2, 0.25) is 0 Å². The number of hydrogen-bond donors (Lipinski definition) is 2. The van der Waals surface area contributed by atoms with Crippen molar-refractivity contribution >= 4 is 17.3 Å². The zero-order valence-electron chi connectivity index (χ0n) is 14.0. The van der Waals surface area contributed by atoms with Gasteiger partial charge in [0.2, 0.25) is 0 Å². The van der Waals surface area contributed by atoms with E-state index in [1.165, 1.54) is 5.56 Å². The fourth-order valence-electron chi connectivity index (χ4n) is 3.07. The summed E-state index contributed by atoms with van der Waals surface area (Å²) in [7, 11) is 2.17. The topological polar surface area (TPSA) is 40.2 Å². The smallest absolute Gasteiger partial charge is 0.167 e. The Morgan fingerprint density at radius 3 is 2.38 bits per heavy atom. The minimum atomic E-state index is 0.0282. The summed E-state index contributed by atoms with van der Waals surface area (Å²) in [4.78, 5) is 6.48. The Bertz CT molecular complexity index is 599. The van der Waals surface area contributed by atoms with Gasteiger partial charge in [-0.15, -0.1) is 0 Å². The highest BCUT2D eigenvalue weighted by atomic mass is 32.1. The van der Waals surface area contributed by atoms with Crippen LogP contribution in [0.15, 0.2) is 54.9 Å². The van der Waals surface area contributed by atoms with Gasteiger partial charge in [0.25, 0.3) is 0 Å². The number of thiocarbonyl (C=S) groups is 1. The van der Waals surface area contributed by atoms with E-state index in [2.05, 4.69) is 51.8 Å². The second-order valence-corrected chi connectivity index (χ2v) is 6.73. The maximum absolute atomic E-state index is 5.59. The number of likely N-dealkylation sites (tertiary alicyclic amines) is 1. The van der Waals surface area contributed by atoms with Gasteiger partial charge in [0.1, 0.15) is 0 Å². The molecule has 1 aromatic carbocycles. The second-order valence-electron chi connectivity index (χ2n) is 6.32. The van der Waals surface area contributed by atoms with E-state index in [1.54, 1.807) is 0 Å². The molecule has 1 fully saturated rings. The highest BCUT2D eigenvalue weighted by molar-refractivity contribution is 7.80. The Labute approximate surface area is 149 Å². The summed E-state index contributed by atoms with van der Waals surface area (Å²) in [5.41, 5.74) is 2.35. The minimum absolute atomic E-state index is 0.0282. The summed E-state index contributed by atoms with van der Waals surface area (Å²) in [6.07, 6.45) is 5.90.